The summed E-state index contributed by atoms with van der Waals surface area (Å²) in [5, 5.41) is 3.42. The molecule has 2 N–H and O–H groups in total. The van der Waals surface area contributed by atoms with Crippen LogP contribution >= 0.6 is 0 Å². The number of hydrogen-bond acceptors (Lipinski definition) is 4. The summed E-state index contributed by atoms with van der Waals surface area (Å²) in [6.45, 7) is 0. The number of carbonyl (C=O) groups is 1. The SMILES string of the molecule is COc1cc2[nH]cc(CC(=O)Nc3cccc(F)c3)c2c(OC)c1OC. The zero-order valence-corrected chi connectivity index (χ0v) is 14.7. The Balaban J connectivity index is 1.94. The Morgan fingerprint density at radius 1 is 1.12 bits per heavy atom. The molecule has 6 nitrogen and oxygen atoms in total. The molecule has 0 saturated heterocycles. The summed E-state index contributed by atoms with van der Waals surface area (Å²) in [6.07, 6.45) is 1.82. The summed E-state index contributed by atoms with van der Waals surface area (Å²) in [5.74, 6) is 0.779. The second-order valence-corrected chi connectivity index (χ2v) is 5.62. The molecule has 1 aromatic heterocycles. The van der Waals surface area contributed by atoms with Gasteiger partial charge in [-0.2, -0.15) is 0 Å². The Morgan fingerprint density at radius 3 is 2.54 bits per heavy atom. The first-order valence-electron chi connectivity index (χ1n) is 7.91. The molecule has 0 aliphatic heterocycles. The van der Waals surface area contributed by atoms with E-state index in [-0.39, 0.29) is 12.3 Å². The van der Waals surface area contributed by atoms with Gasteiger partial charge in [0.2, 0.25) is 11.7 Å². The monoisotopic (exact) mass is 358 g/mol. The highest BCUT2D eigenvalue weighted by Crippen LogP contribution is 2.44. The van der Waals surface area contributed by atoms with Gasteiger partial charge in [-0.25, -0.2) is 4.39 Å². The van der Waals surface area contributed by atoms with E-state index >= 15 is 0 Å². The second-order valence-electron chi connectivity index (χ2n) is 5.62. The van der Waals surface area contributed by atoms with Crippen molar-refractivity contribution in [1.29, 1.82) is 0 Å². The van der Waals surface area contributed by atoms with E-state index < -0.39 is 5.82 Å². The topological polar surface area (TPSA) is 72.6 Å². The molecule has 0 saturated carbocycles. The van der Waals surface area contributed by atoms with Crippen LogP contribution in [0, 0.1) is 5.82 Å². The number of nitrogens with one attached hydrogen (secondary N) is 2. The third-order valence-electron chi connectivity index (χ3n) is 4.01. The first-order chi connectivity index (χ1) is 12.6. The molecule has 0 radical (unpaired) electrons. The van der Waals surface area contributed by atoms with Crippen LogP contribution in [0.25, 0.3) is 10.9 Å². The zero-order valence-electron chi connectivity index (χ0n) is 14.7. The van der Waals surface area contributed by atoms with E-state index in [1.165, 1.54) is 32.4 Å². The highest BCUT2D eigenvalue weighted by atomic mass is 19.1. The summed E-state index contributed by atoms with van der Waals surface area (Å²) < 4.78 is 29.5. The van der Waals surface area contributed by atoms with Crippen LogP contribution < -0.4 is 19.5 Å². The van der Waals surface area contributed by atoms with E-state index in [0.717, 1.165) is 16.5 Å². The van der Waals surface area contributed by atoms with Gasteiger partial charge in [0.15, 0.2) is 11.5 Å². The molecule has 3 rings (SSSR count). The lowest BCUT2D eigenvalue weighted by atomic mass is 10.1. The van der Waals surface area contributed by atoms with E-state index in [0.29, 0.717) is 22.9 Å². The summed E-state index contributed by atoms with van der Waals surface area (Å²) in [7, 11) is 4.59. The molecule has 3 aromatic rings. The molecule has 0 fully saturated rings. The van der Waals surface area contributed by atoms with Gasteiger partial charge in [0.25, 0.3) is 0 Å². The van der Waals surface area contributed by atoms with Crippen molar-refractivity contribution in [2.45, 2.75) is 6.42 Å². The number of benzene rings is 2. The molecule has 7 heteroatoms. The molecule has 1 heterocycles. The Bertz CT molecular complexity index is 952. The minimum Gasteiger partial charge on any atom is -0.493 e. The number of ether oxygens (including phenoxy) is 3. The molecule has 26 heavy (non-hydrogen) atoms. The van der Waals surface area contributed by atoms with Gasteiger partial charge in [-0.15, -0.1) is 0 Å². The van der Waals surface area contributed by atoms with Crippen LogP contribution in [0.15, 0.2) is 36.5 Å². The summed E-state index contributed by atoms with van der Waals surface area (Å²) in [6, 6.07) is 7.54. The Morgan fingerprint density at radius 2 is 1.88 bits per heavy atom. The predicted octanol–water partition coefficient (Wildman–Crippen LogP) is 3.51. The van der Waals surface area contributed by atoms with Gasteiger partial charge in [-0.3, -0.25) is 4.79 Å². The first kappa shape index (κ1) is 17.6. The van der Waals surface area contributed by atoms with Crippen molar-refractivity contribution in [3.8, 4) is 17.2 Å². The van der Waals surface area contributed by atoms with Crippen molar-refractivity contribution >= 4 is 22.5 Å². The average Bonchev–Trinajstić information content (AvgIpc) is 3.02. The van der Waals surface area contributed by atoms with Crippen molar-refractivity contribution in [3.05, 3.63) is 47.9 Å². The number of halogens is 1. The van der Waals surface area contributed by atoms with Gasteiger partial charge >= 0.3 is 0 Å². The van der Waals surface area contributed by atoms with Crippen molar-refractivity contribution in [2.24, 2.45) is 0 Å². The lowest BCUT2D eigenvalue weighted by molar-refractivity contribution is -0.115. The van der Waals surface area contributed by atoms with Crippen LogP contribution in [-0.2, 0) is 11.2 Å². The largest absolute Gasteiger partial charge is 0.493 e. The molecule has 0 aliphatic rings. The standard InChI is InChI=1S/C19H19FN2O4/c1-24-15-9-14-17(19(26-3)18(15)25-2)11(10-21-14)7-16(23)22-13-6-4-5-12(20)8-13/h4-6,8-10,21H,7H2,1-3H3,(H,22,23). The quantitative estimate of drug-likeness (QED) is 0.707. The predicted molar refractivity (Wildman–Crippen MR) is 96.7 cm³/mol. The Labute approximate surface area is 149 Å². The number of H-pyrrole nitrogens is 1. The number of methoxy groups -OCH3 is 3. The number of rotatable bonds is 6. The normalized spacial score (nSPS) is 10.6. The lowest BCUT2D eigenvalue weighted by Gasteiger charge is -2.14. The molecule has 0 aliphatic carbocycles. The molecule has 0 bridgehead atoms. The number of aromatic nitrogens is 1. The molecular weight excluding hydrogens is 339 g/mol. The fourth-order valence-corrected chi connectivity index (χ4v) is 2.91. The minimum absolute atomic E-state index is 0.0857. The maximum atomic E-state index is 13.3. The van der Waals surface area contributed by atoms with E-state index in [9.17, 15) is 9.18 Å². The molecule has 2 aromatic carbocycles. The fraction of sp³-hybridized carbons (Fsp3) is 0.211. The van der Waals surface area contributed by atoms with Crippen molar-refractivity contribution < 1.29 is 23.4 Å². The van der Waals surface area contributed by atoms with E-state index in [1.807, 2.05) is 0 Å². The van der Waals surface area contributed by atoms with Crippen LogP contribution in [0.3, 0.4) is 0 Å². The summed E-state index contributed by atoms with van der Waals surface area (Å²) >= 11 is 0. The average molecular weight is 358 g/mol. The fourth-order valence-electron chi connectivity index (χ4n) is 2.91. The van der Waals surface area contributed by atoms with Crippen molar-refractivity contribution in [3.63, 3.8) is 0 Å². The Hall–Kier alpha value is -3.22. The number of fused-ring (bicyclic) bond motifs is 1. The maximum Gasteiger partial charge on any atom is 0.228 e. The van der Waals surface area contributed by atoms with Gasteiger partial charge in [0, 0.05) is 23.3 Å². The van der Waals surface area contributed by atoms with Gasteiger partial charge in [-0.1, -0.05) is 6.07 Å². The number of amides is 1. The van der Waals surface area contributed by atoms with Crippen molar-refractivity contribution in [2.75, 3.05) is 26.6 Å². The number of anilines is 1. The van der Waals surface area contributed by atoms with Crippen LogP contribution in [-0.4, -0.2) is 32.2 Å². The first-order valence-corrected chi connectivity index (χ1v) is 7.91. The molecule has 1 amide bonds. The smallest absolute Gasteiger partial charge is 0.228 e. The van der Waals surface area contributed by atoms with Crippen LogP contribution in [0.4, 0.5) is 10.1 Å². The van der Waals surface area contributed by atoms with Gasteiger partial charge in [-0.05, 0) is 23.8 Å². The molecule has 0 atom stereocenters. The Kier molecular flexibility index (Phi) is 4.97. The van der Waals surface area contributed by atoms with Gasteiger partial charge in [0.05, 0.1) is 33.3 Å². The molecule has 136 valence electrons. The number of aromatic amines is 1. The zero-order chi connectivity index (χ0) is 18.7. The minimum atomic E-state index is -0.409. The molecule has 0 spiro atoms. The third-order valence-corrected chi connectivity index (χ3v) is 4.01. The second kappa shape index (κ2) is 7.35. The van der Waals surface area contributed by atoms with Crippen LogP contribution in [0.2, 0.25) is 0 Å². The summed E-state index contributed by atoms with van der Waals surface area (Å²) in [4.78, 5) is 15.5. The van der Waals surface area contributed by atoms with E-state index in [1.54, 1.807) is 25.4 Å². The van der Waals surface area contributed by atoms with Crippen LogP contribution in [0.5, 0.6) is 17.2 Å². The van der Waals surface area contributed by atoms with Crippen LogP contribution in [0.1, 0.15) is 5.56 Å². The highest BCUT2D eigenvalue weighted by Gasteiger charge is 2.20. The molecular formula is C19H19FN2O4. The lowest BCUT2D eigenvalue weighted by Crippen LogP contribution is -2.14. The maximum absolute atomic E-state index is 13.3. The van der Waals surface area contributed by atoms with Crippen molar-refractivity contribution in [1.82, 2.24) is 4.98 Å². The van der Waals surface area contributed by atoms with Gasteiger partial charge in [0.1, 0.15) is 5.82 Å². The third kappa shape index (κ3) is 3.28. The molecule has 0 unspecified atom stereocenters. The van der Waals surface area contributed by atoms with E-state index in [2.05, 4.69) is 10.3 Å². The highest BCUT2D eigenvalue weighted by molar-refractivity contribution is 5.99. The number of hydrogen-bond donors (Lipinski definition) is 2. The van der Waals surface area contributed by atoms with Gasteiger partial charge < -0.3 is 24.5 Å². The number of carbonyl (C=O) groups excluding carboxylic acids is 1. The van der Waals surface area contributed by atoms with E-state index in [4.69, 9.17) is 14.2 Å². The summed E-state index contributed by atoms with van der Waals surface area (Å²) in [5.41, 5.74) is 1.89.